The van der Waals surface area contributed by atoms with Gasteiger partial charge in [-0.25, -0.2) is 4.79 Å². The first kappa shape index (κ1) is 31.9. The lowest BCUT2D eigenvalue weighted by molar-refractivity contribution is -0.120. The van der Waals surface area contributed by atoms with E-state index in [9.17, 15) is 14.7 Å². The number of rotatable bonds is 7. The highest BCUT2D eigenvalue weighted by Crippen LogP contribution is 2.22. The van der Waals surface area contributed by atoms with E-state index >= 15 is 0 Å². The highest BCUT2D eigenvalue weighted by Gasteiger charge is 2.22. The fraction of sp³-hybridized carbons (Fsp3) is 0.724. The Morgan fingerprint density at radius 1 is 1.06 bits per heavy atom. The van der Waals surface area contributed by atoms with Crippen molar-refractivity contribution in [2.45, 2.75) is 86.6 Å². The number of phenols is 1. The van der Waals surface area contributed by atoms with Gasteiger partial charge in [-0.1, -0.05) is 38.5 Å². The molecule has 3 rings (SSSR count). The number of nitrogens with zero attached hydrogens (tertiary/aromatic N) is 2. The quantitative estimate of drug-likeness (QED) is 0.514. The minimum atomic E-state index is -0.355. The molecule has 0 saturated carbocycles. The van der Waals surface area contributed by atoms with Crippen LogP contribution in [0.3, 0.4) is 0 Å². The number of carbonyl (C=O) groups is 2. The van der Waals surface area contributed by atoms with Crippen LogP contribution in [0, 0.1) is 26.7 Å². The van der Waals surface area contributed by atoms with Crippen molar-refractivity contribution in [3.8, 4) is 5.75 Å². The fourth-order valence-electron chi connectivity index (χ4n) is 4.48. The Morgan fingerprint density at radius 2 is 1.61 bits per heavy atom. The monoisotopic (exact) mass is 506 g/mol. The maximum atomic E-state index is 11.4. The maximum Gasteiger partial charge on any atom is 0.410 e. The lowest BCUT2D eigenvalue weighted by atomic mass is 10.00. The molecule has 0 spiro atoms. The van der Waals surface area contributed by atoms with Crippen molar-refractivity contribution >= 4 is 11.9 Å². The molecule has 0 aliphatic carbocycles. The van der Waals surface area contributed by atoms with Crippen LogP contribution in [0.2, 0.25) is 0 Å². The molecule has 2 fully saturated rings. The second-order valence-electron chi connectivity index (χ2n) is 10.2. The summed E-state index contributed by atoms with van der Waals surface area (Å²) in [6.45, 7) is 19.7. The number of aryl methyl sites for hydroxylation is 3. The van der Waals surface area contributed by atoms with Crippen LogP contribution in [0.4, 0.5) is 4.79 Å². The van der Waals surface area contributed by atoms with E-state index in [0.717, 1.165) is 50.3 Å². The van der Waals surface area contributed by atoms with Gasteiger partial charge in [-0.2, -0.15) is 0 Å². The second-order valence-corrected chi connectivity index (χ2v) is 10.2. The smallest absolute Gasteiger partial charge is 0.410 e. The molecule has 2 saturated heterocycles. The zero-order chi connectivity index (χ0) is 27.1. The number of aromatic hydroxyl groups is 1. The first-order chi connectivity index (χ1) is 17.1. The minimum absolute atomic E-state index is 0.106. The highest BCUT2D eigenvalue weighted by molar-refractivity contribution is 5.79. The number of piperidine rings is 1. The molecule has 1 atom stereocenters. The van der Waals surface area contributed by atoms with Crippen LogP contribution in [0.5, 0.6) is 5.75 Å². The summed E-state index contributed by atoms with van der Waals surface area (Å²) in [5, 5.41) is 9.33. The van der Waals surface area contributed by atoms with E-state index in [4.69, 9.17) is 9.47 Å². The van der Waals surface area contributed by atoms with Crippen molar-refractivity contribution in [2.75, 3.05) is 46.0 Å². The molecular weight excluding hydrogens is 456 g/mol. The van der Waals surface area contributed by atoms with Gasteiger partial charge in [0.1, 0.15) is 5.75 Å². The standard InChI is InChI=1S/C10H17NO3.C10H21NO.C9H12O/c1-8-3-5-11(6-4-8)10(13)14-7-9(2)12;1-3-6-11(7-4-2)10-5-8-12-9-10;1-6-4-7(2)9(10)8(3)5-6/h8H,3-7H2,1-2H3;10H,3-9H2,1-2H3;4-5,10H,1-3H3. The van der Waals surface area contributed by atoms with E-state index in [2.05, 4.69) is 25.7 Å². The van der Waals surface area contributed by atoms with Crippen LogP contribution < -0.4 is 0 Å². The van der Waals surface area contributed by atoms with Gasteiger partial charge in [-0.15, -0.1) is 0 Å². The molecule has 36 heavy (non-hydrogen) atoms. The molecule has 2 aliphatic heterocycles. The zero-order valence-corrected chi connectivity index (χ0v) is 23.8. The van der Waals surface area contributed by atoms with Crippen molar-refractivity contribution in [1.82, 2.24) is 9.80 Å². The molecule has 206 valence electrons. The second kappa shape index (κ2) is 17.4. The van der Waals surface area contributed by atoms with Gasteiger partial charge < -0.3 is 19.5 Å². The van der Waals surface area contributed by atoms with Crippen molar-refractivity contribution in [3.63, 3.8) is 0 Å². The van der Waals surface area contributed by atoms with Gasteiger partial charge in [-0.05, 0) is 89.9 Å². The predicted octanol–water partition coefficient (Wildman–Crippen LogP) is 5.66. The number of hydrogen-bond acceptors (Lipinski definition) is 6. The number of carbonyl (C=O) groups excluding carboxylic acids is 2. The minimum Gasteiger partial charge on any atom is -0.507 e. The number of hydrogen-bond donors (Lipinski definition) is 1. The van der Waals surface area contributed by atoms with Gasteiger partial charge in [0.2, 0.25) is 0 Å². The lowest BCUT2D eigenvalue weighted by Crippen LogP contribution is -2.38. The van der Waals surface area contributed by atoms with Crippen LogP contribution in [0.25, 0.3) is 0 Å². The van der Waals surface area contributed by atoms with Crippen LogP contribution in [0.1, 0.15) is 76.5 Å². The summed E-state index contributed by atoms with van der Waals surface area (Å²) in [6, 6.07) is 4.66. The van der Waals surface area contributed by atoms with Crippen LogP contribution in [-0.2, 0) is 14.3 Å². The molecule has 0 aromatic heterocycles. The number of likely N-dealkylation sites (tertiary alicyclic amines) is 1. The Labute approximate surface area is 219 Å². The number of benzene rings is 1. The number of Topliss-reactive ketones (excluding diaryl/α,β-unsaturated/α-hetero) is 1. The average molecular weight is 507 g/mol. The van der Waals surface area contributed by atoms with Crippen LogP contribution in [0.15, 0.2) is 12.1 Å². The van der Waals surface area contributed by atoms with Gasteiger partial charge in [0.05, 0.1) is 6.61 Å². The Morgan fingerprint density at radius 3 is 2.06 bits per heavy atom. The molecule has 1 aromatic rings. The van der Waals surface area contributed by atoms with Gasteiger partial charge in [-0.3, -0.25) is 9.69 Å². The largest absolute Gasteiger partial charge is 0.507 e. The van der Waals surface area contributed by atoms with E-state index in [-0.39, 0.29) is 18.5 Å². The SMILES string of the molecule is CC(=O)COC(=O)N1CCC(C)CC1.CCCN(CCC)C1CCOC1.Cc1cc(C)c(O)c(C)c1. The highest BCUT2D eigenvalue weighted by atomic mass is 16.6. The van der Waals surface area contributed by atoms with Crippen molar-refractivity contribution in [3.05, 3.63) is 28.8 Å². The normalized spacial score (nSPS) is 17.7. The predicted molar refractivity (Wildman–Crippen MR) is 146 cm³/mol. The summed E-state index contributed by atoms with van der Waals surface area (Å²) >= 11 is 0. The van der Waals surface area contributed by atoms with Crippen LogP contribution in [-0.4, -0.2) is 78.8 Å². The van der Waals surface area contributed by atoms with E-state index < -0.39 is 0 Å². The lowest BCUT2D eigenvalue weighted by Gasteiger charge is -2.29. The van der Waals surface area contributed by atoms with E-state index in [1.54, 1.807) is 4.90 Å². The Hall–Kier alpha value is -2.12. The maximum absolute atomic E-state index is 11.4. The summed E-state index contributed by atoms with van der Waals surface area (Å²) in [4.78, 5) is 26.2. The topological polar surface area (TPSA) is 79.3 Å². The Balaban J connectivity index is 0.000000274. The van der Waals surface area contributed by atoms with Gasteiger partial charge >= 0.3 is 6.09 Å². The van der Waals surface area contributed by atoms with Crippen molar-refractivity contribution in [2.24, 2.45) is 5.92 Å². The molecule has 7 nitrogen and oxygen atoms in total. The number of amides is 1. The molecule has 1 unspecified atom stereocenters. The molecule has 1 N–H and O–H groups in total. The van der Waals surface area contributed by atoms with Gasteiger partial charge in [0, 0.05) is 25.7 Å². The zero-order valence-electron chi connectivity index (χ0n) is 23.8. The molecule has 1 amide bonds. The summed E-state index contributed by atoms with van der Waals surface area (Å²) in [7, 11) is 0. The third kappa shape index (κ3) is 12.2. The van der Waals surface area contributed by atoms with Crippen LogP contribution >= 0.6 is 0 Å². The molecular formula is C29H50N2O5. The first-order valence-electron chi connectivity index (χ1n) is 13.6. The van der Waals surface area contributed by atoms with Crippen molar-refractivity contribution in [1.29, 1.82) is 0 Å². The van der Waals surface area contributed by atoms with Gasteiger partial charge in [0.15, 0.2) is 12.4 Å². The molecule has 2 aliphatic rings. The summed E-state index contributed by atoms with van der Waals surface area (Å²) in [5.41, 5.74) is 3.11. The molecule has 1 aromatic carbocycles. The third-order valence-electron chi connectivity index (χ3n) is 6.52. The van der Waals surface area contributed by atoms with Crippen molar-refractivity contribution < 1.29 is 24.2 Å². The number of ketones is 1. The molecule has 2 heterocycles. The number of phenolic OH excluding ortho intramolecular Hbond substituents is 1. The fourth-order valence-corrected chi connectivity index (χ4v) is 4.48. The number of ether oxygens (including phenoxy) is 2. The van der Waals surface area contributed by atoms with E-state index in [1.807, 2.05) is 32.9 Å². The van der Waals surface area contributed by atoms with E-state index in [1.165, 1.54) is 44.8 Å². The molecule has 0 radical (unpaired) electrons. The first-order valence-corrected chi connectivity index (χ1v) is 13.6. The molecule has 7 heteroatoms. The average Bonchev–Trinajstić information content (AvgIpc) is 3.37. The third-order valence-corrected chi connectivity index (χ3v) is 6.52. The Bertz CT molecular complexity index is 755. The Kier molecular flexibility index (Phi) is 15.4. The van der Waals surface area contributed by atoms with E-state index in [0.29, 0.717) is 17.7 Å². The molecule has 0 bridgehead atoms. The summed E-state index contributed by atoms with van der Waals surface area (Å²) < 4.78 is 10.2. The summed E-state index contributed by atoms with van der Waals surface area (Å²) in [5.74, 6) is 0.987. The van der Waals surface area contributed by atoms with Gasteiger partial charge in [0.25, 0.3) is 0 Å². The summed E-state index contributed by atoms with van der Waals surface area (Å²) in [6.07, 6.45) is 5.45.